The van der Waals surface area contributed by atoms with Gasteiger partial charge in [-0.1, -0.05) is 62.0 Å². The van der Waals surface area contributed by atoms with Crippen LogP contribution in [0.1, 0.15) is 59.8 Å². The lowest BCUT2D eigenvalue weighted by Crippen LogP contribution is -2.20. The van der Waals surface area contributed by atoms with Crippen LogP contribution in [0, 0.1) is 11.8 Å². The lowest BCUT2D eigenvalue weighted by Gasteiger charge is -2.21. The van der Waals surface area contributed by atoms with Crippen LogP contribution in [0.5, 0.6) is 0 Å². The first-order chi connectivity index (χ1) is 9.80. The van der Waals surface area contributed by atoms with Gasteiger partial charge in [-0.25, -0.2) is 0 Å². The zero-order chi connectivity index (χ0) is 15.9. The maximum Gasteiger partial charge on any atom is 0.0834 e. The number of allylic oxidation sites excluding steroid dienone is 5. The van der Waals surface area contributed by atoms with Crippen LogP contribution in [-0.4, -0.2) is 10.7 Å². The van der Waals surface area contributed by atoms with Crippen molar-refractivity contribution >= 4 is 0 Å². The fourth-order valence-electron chi connectivity index (χ4n) is 2.60. The molecule has 118 valence electrons. The van der Waals surface area contributed by atoms with Crippen LogP contribution in [-0.2, 0) is 0 Å². The third-order valence-corrected chi connectivity index (χ3v) is 4.27. The molecule has 0 aromatic carbocycles. The minimum Gasteiger partial charge on any atom is -0.386 e. The lowest BCUT2D eigenvalue weighted by molar-refractivity contribution is 0.114. The Labute approximate surface area is 131 Å². The molecule has 1 heteroatoms. The maximum absolute atomic E-state index is 10.4. The van der Waals surface area contributed by atoms with Crippen LogP contribution in [0.15, 0.2) is 48.1 Å². The van der Waals surface area contributed by atoms with Gasteiger partial charge in [0, 0.05) is 0 Å². The van der Waals surface area contributed by atoms with E-state index in [0.717, 1.165) is 31.3 Å². The van der Waals surface area contributed by atoms with Gasteiger partial charge in [0.2, 0.25) is 0 Å². The van der Waals surface area contributed by atoms with Gasteiger partial charge < -0.3 is 5.11 Å². The summed E-state index contributed by atoms with van der Waals surface area (Å²) in [5, 5.41) is 10.4. The van der Waals surface area contributed by atoms with Gasteiger partial charge in [-0.3, -0.25) is 0 Å². The van der Waals surface area contributed by atoms with Gasteiger partial charge in [0.05, 0.1) is 5.60 Å². The highest BCUT2D eigenvalue weighted by Gasteiger charge is 2.17. The zero-order valence-corrected chi connectivity index (χ0v) is 14.2. The highest BCUT2D eigenvalue weighted by Crippen LogP contribution is 2.24. The van der Waals surface area contributed by atoms with Crippen LogP contribution in [0.4, 0.5) is 0 Å². The van der Waals surface area contributed by atoms with Gasteiger partial charge in [0.1, 0.15) is 0 Å². The van der Waals surface area contributed by atoms with E-state index in [-0.39, 0.29) is 0 Å². The van der Waals surface area contributed by atoms with Crippen molar-refractivity contribution in [3.05, 3.63) is 48.1 Å². The molecule has 0 amide bonds. The molecule has 2 atom stereocenters. The summed E-state index contributed by atoms with van der Waals surface area (Å²) in [5.74, 6) is 1.13. The quantitative estimate of drug-likeness (QED) is 0.624. The number of hydrogen-bond acceptors (Lipinski definition) is 1. The molecule has 1 N–H and O–H groups in total. The molecule has 0 aromatic heterocycles. The Bertz CT molecular complexity index is 421. The Morgan fingerprint density at radius 1 is 1.33 bits per heavy atom. The third-order valence-electron chi connectivity index (χ3n) is 4.27. The SMILES string of the molecule is C=C1/C=C/C[C@@](C)(O)/C=C/[C@@H](C(C)C)CC/C(C)=C\CC1. The summed E-state index contributed by atoms with van der Waals surface area (Å²) in [4.78, 5) is 0. The Balaban J connectivity index is 2.90. The summed E-state index contributed by atoms with van der Waals surface area (Å²) in [6.45, 7) is 12.7. The Hall–Kier alpha value is -1.08. The summed E-state index contributed by atoms with van der Waals surface area (Å²) < 4.78 is 0. The topological polar surface area (TPSA) is 20.2 Å². The lowest BCUT2D eigenvalue weighted by atomic mass is 9.87. The molecule has 0 unspecified atom stereocenters. The minimum absolute atomic E-state index is 0.529. The van der Waals surface area contributed by atoms with E-state index < -0.39 is 5.60 Å². The number of aliphatic hydroxyl groups is 1. The standard InChI is InChI=1S/C20H32O/c1-16(2)19-12-11-18(4)9-6-8-17(3)10-7-14-20(5,21)15-13-19/h7,9-10,13,15-16,19,21H,3,6,8,11-12,14H2,1-2,4-5H3/b10-7+,15-13+,18-9-/t19-,20+/m0/s1. The van der Waals surface area contributed by atoms with Crippen LogP contribution in [0.25, 0.3) is 0 Å². The van der Waals surface area contributed by atoms with Gasteiger partial charge in [-0.15, -0.1) is 0 Å². The molecular formula is C20H32O. The minimum atomic E-state index is -0.765. The fourth-order valence-corrected chi connectivity index (χ4v) is 2.60. The second-order valence-electron chi connectivity index (χ2n) is 7.02. The first kappa shape index (κ1) is 18.0. The molecular weight excluding hydrogens is 256 g/mol. The zero-order valence-electron chi connectivity index (χ0n) is 14.2. The monoisotopic (exact) mass is 288 g/mol. The molecule has 1 aliphatic carbocycles. The predicted molar refractivity (Wildman–Crippen MR) is 93.2 cm³/mol. The van der Waals surface area contributed by atoms with Crippen LogP contribution in [0.2, 0.25) is 0 Å². The van der Waals surface area contributed by atoms with Crippen molar-refractivity contribution in [3.63, 3.8) is 0 Å². The summed E-state index contributed by atoms with van der Waals surface area (Å²) in [5.41, 5.74) is 1.84. The first-order valence-electron chi connectivity index (χ1n) is 8.22. The average molecular weight is 288 g/mol. The molecule has 0 fully saturated rings. The van der Waals surface area contributed by atoms with E-state index in [2.05, 4.69) is 45.6 Å². The van der Waals surface area contributed by atoms with E-state index in [4.69, 9.17) is 0 Å². The van der Waals surface area contributed by atoms with Gasteiger partial charge >= 0.3 is 0 Å². The van der Waals surface area contributed by atoms with Crippen LogP contribution < -0.4 is 0 Å². The molecule has 0 saturated heterocycles. The van der Waals surface area contributed by atoms with Gasteiger partial charge in [0.25, 0.3) is 0 Å². The number of hydrogen-bond donors (Lipinski definition) is 1. The summed E-state index contributed by atoms with van der Waals surface area (Å²) >= 11 is 0. The Kier molecular flexibility index (Phi) is 7.17. The molecule has 0 radical (unpaired) electrons. The Morgan fingerprint density at radius 3 is 2.71 bits per heavy atom. The first-order valence-corrected chi connectivity index (χ1v) is 8.22. The van der Waals surface area contributed by atoms with Crippen LogP contribution >= 0.6 is 0 Å². The summed E-state index contributed by atoms with van der Waals surface area (Å²) in [6, 6.07) is 0. The second-order valence-corrected chi connectivity index (χ2v) is 7.02. The van der Waals surface area contributed by atoms with Crippen LogP contribution in [0.3, 0.4) is 0 Å². The molecule has 0 aliphatic heterocycles. The highest BCUT2D eigenvalue weighted by atomic mass is 16.3. The van der Waals surface area contributed by atoms with Crippen molar-refractivity contribution < 1.29 is 5.11 Å². The molecule has 1 nitrogen and oxygen atoms in total. The fraction of sp³-hybridized carbons (Fsp3) is 0.600. The summed E-state index contributed by atoms with van der Waals surface area (Å²) in [7, 11) is 0. The molecule has 1 aliphatic rings. The van der Waals surface area contributed by atoms with E-state index in [9.17, 15) is 5.11 Å². The second kappa shape index (κ2) is 8.38. The predicted octanol–water partition coefficient (Wildman–Crippen LogP) is 5.59. The molecule has 21 heavy (non-hydrogen) atoms. The van der Waals surface area contributed by atoms with E-state index in [1.54, 1.807) is 0 Å². The molecule has 0 bridgehead atoms. The van der Waals surface area contributed by atoms with E-state index >= 15 is 0 Å². The molecule has 0 aromatic rings. The average Bonchev–Trinajstić information content (AvgIpc) is 2.37. The van der Waals surface area contributed by atoms with Crippen molar-refractivity contribution in [2.24, 2.45) is 11.8 Å². The van der Waals surface area contributed by atoms with Crippen molar-refractivity contribution in [3.8, 4) is 0 Å². The van der Waals surface area contributed by atoms with Gasteiger partial charge in [-0.2, -0.15) is 0 Å². The van der Waals surface area contributed by atoms with Gasteiger partial charge in [-0.05, 0) is 57.8 Å². The molecule has 0 heterocycles. The van der Waals surface area contributed by atoms with Crippen molar-refractivity contribution in [1.29, 1.82) is 0 Å². The van der Waals surface area contributed by atoms with E-state index in [0.29, 0.717) is 18.3 Å². The molecule has 0 spiro atoms. The van der Waals surface area contributed by atoms with Crippen molar-refractivity contribution in [1.82, 2.24) is 0 Å². The van der Waals surface area contributed by atoms with E-state index in [1.165, 1.54) is 5.57 Å². The normalized spacial score (nSPS) is 34.9. The maximum atomic E-state index is 10.4. The molecule has 0 saturated carbocycles. The van der Waals surface area contributed by atoms with Gasteiger partial charge in [0.15, 0.2) is 0 Å². The molecule has 1 rings (SSSR count). The summed E-state index contributed by atoms with van der Waals surface area (Å²) in [6.07, 6.45) is 15.6. The van der Waals surface area contributed by atoms with E-state index in [1.807, 2.05) is 19.1 Å². The van der Waals surface area contributed by atoms with Crippen molar-refractivity contribution in [2.75, 3.05) is 0 Å². The largest absolute Gasteiger partial charge is 0.386 e. The highest BCUT2D eigenvalue weighted by molar-refractivity contribution is 5.17. The van der Waals surface area contributed by atoms with Crippen molar-refractivity contribution in [2.45, 2.75) is 65.4 Å². The smallest absolute Gasteiger partial charge is 0.0834 e. The number of rotatable bonds is 1. The third kappa shape index (κ3) is 7.47. The Morgan fingerprint density at radius 2 is 2.05 bits per heavy atom.